The minimum atomic E-state index is -3.21. The minimum absolute atomic E-state index is 0.00406. The van der Waals surface area contributed by atoms with Gasteiger partial charge < -0.3 is 0 Å². The van der Waals surface area contributed by atoms with Crippen molar-refractivity contribution < 1.29 is 8.42 Å². The maximum Gasteiger partial charge on any atom is 0.208 e. The van der Waals surface area contributed by atoms with E-state index in [1.165, 1.54) is 22.9 Å². The number of nitrogens with one attached hydrogen (secondary N) is 1. The quantitative estimate of drug-likeness (QED) is 0.891. The molecule has 0 radical (unpaired) electrons. The third-order valence-electron chi connectivity index (χ3n) is 4.22. The second-order valence-electron chi connectivity index (χ2n) is 6.71. The Kier molecular flexibility index (Phi) is 4.76. The second kappa shape index (κ2) is 6.66. The van der Waals surface area contributed by atoms with E-state index >= 15 is 0 Å². The van der Waals surface area contributed by atoms with E-state index < -0.39 is 10.0 Å². The lowest BCUT2D eigenvalue weighted by Gasteiger charge is -2.34. The van der Waals surface area contributed by atoms with Gasteiger partial charge in [-0.1, -0.05) is 29.3 Å². The SMILES string of the molecule is Cc1cc(C)cc(CN2Cc3ccnn3[C@H](CNS(C)(=O)=O)C2)c1. The molecule has 1 aromatic heterocycles. The van der Waals surface area contributed by atoms with Crippen molar-refractivity contribution >= 4 is 10.0 Å². The Morgan fingerprint density at radius 1 is 1.25 bits per heavy atom. The average molecular weight is 348 g/mol. The molecule has 2 aromatic rings. The number of aryl methyl sites for hydroxylation is 2. The Balaban J connectivity index is 1.76. The molecule has 0 fully saturated rings. The minimum Gasteiger partial charge on any atom is -0.291 e. The smallest absolute Gasteiger partial charge is 0.208 e. The Morgan fingerprint density at radius 2 is 1.96 bits per heavy atom. The molecule has 0 saturated heterocycles. The van der Waals surface area contributed by atoms with Gasteiger partial charge in [0.25, 0.3) is 0 Å². The lowest BCUT2D eigenvalue weighted by atomic mass is 10.1. The van der Waals surface area contributed by atoms with Crippen molar-refractivity contribution in [3.8, 4) is 0 Å². The summed E-state index contributed by atoms with van der Waals surface area (Å²) in [5.41, 5.74) is 4.94. The summed E-state index contributed by atoms with van der Waals surface area (Å²) in [7, 11) is -3.21. The number of sulfonamides is 1. The zero-order valence-corrected chi connectivity index (χ0v) is 15.2. The van der Waals surface area contributed by atoms with Gasteiger partial charge in [0.05, 0.1) is 18.0 Å². The predicted octanol–water partition coefficient (Wildman–Crippen LogP) is 1.61. The molecule has 0 saturated carbocycles. The number of nitrogens with zero attached hydrogens (tertiary/aromatic N) is 3. The molecule has 0 amide bonds. The van der Waals surface area contributed by atoms with Crippen molar-refractivity contribution in [2.24, 2.45) is 0 Å². The molecule has 1 aliphatic heterocycles. The van der Waals surface area contributed by atoms with E-state index in [0.717, 1.165) is 25.3 Å². The highest BCUT2D eigenvalue weighted by molar-refractivity contribution is 7.88. The molecule has 1 aliphatic rings. The van der Waals surface area contributed by atoms with Gasteiger partial charge >= 0.3 is 0 Å². The van der Waals surface area contributed by atoms with Crippen molar-refractivity contribution in [2.45, 2.75) is 33.0 Å². The predicted molar refractivity (Wildman–Crippen MR) is 94.1 cm³/mol. The van der Waals surface area contributed by atoms with Crippen molar-refractivity contribution in [2.75, 3.05) is 19.3 Å². The number of benzene rings is 1. The van der Waals surface area contributed by atoms with Gasteiger partial charge in [0.15, 0.2) is 0 Å². The van der Waals surface area contributed by atoms with Crippen molar-refractivity contribution in [3.63, 3.8) is 0 Å². The van der Waals surface area contributed by atoms with Crippen LogP contribution in [0.15, 0.2) is 30.5 Å². The van der Waals surface area contributed by atoms with Crippen LogP contribution in [0.3, 0.4) is 0 Å². The molecule has 3 rings (SSSR count). The van der Waals surface area contributed by atoms with Crippen LogP contribution in [0.25, 0.3) is 0 Å². The first-order chi connectivity index (χ1) is 11.3. The van der Waals surface area contributed by atoms with Crippen LogP contribution in [-0.2, 0) is 23.1 Å². The third kappa shape index (κ3) is 4.23. The lowest BCUT2D eigenvalue weighted by Crippen LogP contribution is -2.42. The number of hydrogen-bond donors (Lipinski definition) is 1. The standard InChI is InChI=1S/C17H24N4O2S/c1-13-6-14(2)8-15(7-13)10-20-11-16-4-5-18-21(16)17(12-20)9-19-24(3,22)23/h4-8,17,19H,9-12H2,1-3H3/t17-/m1/s1. The molecule has 0 spiro atoms. The van der Waals surface area contributed by atoms with Gasteiger partial charge in [-0.25, -0.2) is 13.1 Å². The van der Waals surface area contributed by atoms with E-state index in [9.17, 15) is 8.42 Å². The maximum atomic E-state index is 11.4. The first-order valence-electron chi connectivity index (χ1n) is 8.07. The molecule has 2 heterocycles. The number of hydrogen-bond acceptors (Lipinski definition) is 4. The number of aromatic nitrogens is 2. The number of fused-ring (bicyclic) bond motifs is 1. The molecule has 0 aliphatic carbocycles. The first-order valence-corrected chi connectivity index (χ1v) is 9.96. The van der Waals surface area contributed by atoms with E-state index in [2.05, 4.69) is 46.8 Å². The normalized spacial score (nSPS) is 18.5. The Morgan fingerprint density at radius 3 is 2.62 bits per heavy atom. The van der Waals surface area contributed by atoms with Crippen LogP contribution in [-0.4, -0.2) is 42.4 Å². The van der Waals surface area contributed by atoms with Gasteiger partial charge in [-0.2, -0.15) is 5.10 Å². The molecule has 1 aromatic carbocycles. The monoisotopic (exact) mass is 348 g/mol. The van der Waals surface area contributed by atoms with Gasteiger partial charge in [-0.05, 0) is 25.5 Å². The Bertz CT molecular complexity index is 809. The Labute approximate surface area is 143 Å². The summed E-state index contributed by atoms with van der Waals surface area (Å²) < 4.78 is 27.4. The summed E-state index contributed by atoms with van der Waals surface area (Å²) in [5.74, 6) is 0. The van der Waals surface area contributed by atoms with Crippen LogP contribution < -0.4 is 4.72 Å². The van der Waals surface area contributed by atoms with E-state index in [0.29, 0.717) is 6.54 Å². The van der Waals surface area contributed by atoms with Crippen LogP contribution >= 0.6 is 0 Å². The fourth-order valence-electron chi connectivity index (χ4n) is 3.40. The molecule has 24 heavy (non-hydrogen) atoms. The first kappa shape index (κ1) is 17.1. The van der Waals surface area contributed by atoms with Crippen molar-refractivity contribution in [1.29, 1.82) is 0 Å². The zero-order valence-electron chi connectivity index (χ0n) is 14.4. The maximum absolute atomic E-state index is 11.4. The summed E-state index contributed by atoms with van der Waals surface area (Å²) in [4.78, 5) is 2.35. The van der Waals surface area contributed by atoms with Crippen LogP contribution in [0.1, 0.15) is 28.4 Å². The van der Waals surface area contributed by atoms with Gasteiger partial charge in [-0.15, -0.1) is 0 Å². The molecule has 6 nitrogen and oxygen atoms in total. The molecule has 0 bridgehead atoms. The summed E-state index contributed by atoms with van der Waals surface area (Å²) in [6.07, 6.45) is 2.97. The third-order valence-corrected chi connectivity index (χ3v) is 4.91. The van der Waals surface area contributed by atoms with Crippen LogP contribution in [0.2, 0.25) is 0 Å². The van der Waals surface area contributed by atoms with Crippen LogP contribution in [0.4, 0.5) is 0 Å². The van der Waals surface area contributed by atoms with E-state index in [1.807, 2.05) is 10.7 Å². The van der Waals surface area contributed by atoms with Gasteiger partial charge in [0.2, 0.25) is 10.0 Å². The second-order valence-corrected chi connectivity index (χ2v) is 8.54. The topological polar surface area (TPSA) is 67.2 Å². The molecule has 0 unspecified atom stereocenters. The highest BCUT2D eigenvalue weighted by atomic mass is 32.2. The summed E-state index contributed by atoms with van der Waals surface area (Å²) in [6, 6.07) is 8.60. The zero-order chi connectivity index (χ0) is 17.3. The van der Waals surface area contributed by atoms with E-state index in [1.54, 1.807) is 6.20 Å². The van der Waals surface area contributed by atoms with E-state index in [4.69, 9.17) is 0 Å². The average Bonchev–Trinajstić information content (AvgIpc) is 2.91. The molecule has 1 atom stereocenters. The molecular weight excluding hydrogens is 324 g/mol. The van der Waals surface area contributed by atoms with Crippen molar-refractivity contribution in [3.05, 3.63) is 52.8 Å². The van der Waals surface area contributed by atoms with Gasteiger partial charge in [-0.3, -0.25) is 9.58 Å². The highest BCUT2D eigenvalue weighted by Gasteiger charge is 2.26. The highest BCUT2D eigenvalue weighted by Crippen LogP contribution is 2.22. The summed E-state index contributed by atoms with van der Waals surface area (Å²) >= 11 is 0. The number of rotatable bonds is 5. The molecule has 130 valence electrons. The van der Waals surface area contributed by atoms with E-state index in [-0.39, 0.29) is 6.04 Å². The molecule has 7 heteroatoms. The van der Waals surface area contributed by atoms with Crippen LogP contribution in [0, 0.1) is 13.8 Å². The molecule has 1 N–H and O–H groups in total. The van der Waals surface area contributed by atoms with Gasteiger partial charge in [0, 0.05) is 32.4 Å². The molecular formula is C17H24N4O2S. The van der Waals surface area contributed by atoms with Crippen molar-refractivity contribution in [1.82, 2.24) is 19.4 Å². The summed E-state index contributed by atoms with van der Waals surface area (Å²) in [5, 5.41) is 4.36. The van der Waals surface area contributed by atoms with Gasteiger partial charge in [0.1, 0.15) is 0 Å². The lowest BCUT2D eigenvalue weighted by molar-refractivity contribution is 0.168. The fraction of sp³-hybridized carbons (Fsp3) is 0.471. The largest absolute Gasteiger partial charge is 0.291 e. The van der Waals surface area contributed by atoms with Crippen LogP contribution in [0.5, 0.6) is 0 Å². The fourth-order valence-corrected chi connectivity index (χ4v) is 3.90. The summed E-state index contributed by atoms with van der Waals surface area (Å²) in [6.45, 7) is 7.02. The Hall–Kier alpha value is -1.70.